The zero-order valence-corrected chi connectivity index (χ0v) is 12.5. The Bertz CT molecular complexity index is 204. The van der Waals surface area contributed by atoms with Crippen LogP contribution in [-0.2, 0) is 4.79 Å². The molecule has 0 aromatic carbocycles. The van der Waals surface area contributed by atoms with Gasteiger partial charge in [0.05, 0.1) is 0 Å². The van der Waals surface area contributed by atoms with Gasteiger partial charge in [0.15, 0.2) is 0 Å². The van der Waals surface area contributed by atoms with Crippen molar-refractivity contribution in [3.63, 3.8) is 0 Å². The summed E-state index contributed by atoms with van der Waals surface area (Å²) in [6, 6.07) is 0.451. The number of hydrogen-bond acceptors (Lipinski definition) is 3. The standard InChI is InChI=1S/C13H25NOS2/c1-2-16-17-11-10-13(15)14-12-8-6-4-3-5-7-9-12/h12H,2-11H2,1H3,(H,14,15). The molecule has 0 saturated heterocycles. The summed E-state index contributed by atoms with van der Waals surface area (Å²) in [5.41, 5.74) is 0. The van der Waals surface area contributed by atoms with E-state index in [4.69, 9.17) is 0 Å². The SMILES string of the molecule is CCSSCCC(=O)NC1CCCCCCC1. The summed E-state index contributed by atoms with van der Waals surface area (Å²) < 4.78 is 0. The molecular formula is C13H25NOS2. The Hall–Kier alpha value is 0.170. The van der Waals surface area contributed by atoms with E-state index in [0.29, 0.717) is 12.5 Å². The van der Waals surface area contributed by atoms with E-state index in [-0.39, 0.29) is 5.91 Å². The van der Waals surface area contributed by atoms with Gasteiger partial charge in [-0.2, -0.15) is 0 Å². The van der Waals surface area contributed by atoms with Crippen LogP contribution in [0.2, 0.25) is 0 Å². The van der Waals surface area contributed by atoms with Crippen molar-refractivity contribution in [3.8, 4) is 0 Å². The molecule has 4 heteroatoms. The van der Waals surface area contributed by atoms with Crippen molar-refractivity contribution in [2.24, 2.45) is 0 Å². The van der Waals surface area contributed by atoms with Gasteiger partial charge in [0.2, 0.25) is 5.91 Å². The predicted molar refractivity (Wildman–Crippen MR) is 79.5 cm³/mol. The van der Waals surface area contributed by atoms with Gasteiger partial charge in [-0.1, -0.05) is 60.6 Å². The van der Waals surface area contributed by atoms with Crippen LogP contribution in [0, 0.1) is 0 Å². The van der Waals surface area contributed by atoms with Crippen LogP contribution in [0.15, 0.2) is 0 Å². The van der Waals surface area contributed by atoms with Crippen LogP contribution >= 0.6 is 21.6 Å². The number of amides is 1. The Labute approximate surface area is 113 Å². The minimum atomic E-state index is 0.250. The van der Waals surface area contributed by atoms with Crippen LogP contribution in [0.5, 0.6) is 0 Å². The molecule has 1 N–H and O–H groups in total. The molecule has 0 radical (unpaired) electrons. The minimum absolute atomic E-state index is 0.250. The van der Waals surface area contributed by atoms with Gasteiger partial charge >= 0.3 is 0 Å². The maximum absolute atomic E-state index is 11.7. The third-order valence-electron chi connectivity index (χ3n) is 3.08. The first kappa shape index (κ1) is 15.2. The molecule has 1 fully saturated rings. The highest BCUT2D eigenvalue weighted by Gasteiger charge is 2.13. The number of carbonyl (C=O) groups is 1. The maximum atomic E-state index is 11.7. The smallest absolute Gasteiger partial charge is 0.221 e. The zero-order chi connectivity index (χ0) is 12.3. The number of nitrogens with one attached hydrogen (secondary N) is 1. The molecule has 2 nitrogen and oxygen atoms in total. The summed E-state index contributed by atoms with van der Waals surface area (Å²) in [6.07, 6.45) is 9.67. The first-order valence-corrected chi connectivity index (χ1v) is 9.35. The van der Waals surface area contributed by atoms with Crippen molar-refractivity contribution < 1.29 is 4.79 Å². The van der Waals surface area contributed by atoms with Crippen molar-refractivity contribution in [1.29, 1.82) is 0 Å². The first-order valence-electron chi connectivity index (χ1n) is 6.86. The number of carbonyl (C=O) groups excluding carboxylic acids is 1. The largest absolute Gasteiger partial charge is 0.353 e. The summed E-state index contributed by atoms with van der Waals surface area (Å²) >= 11 is 0. The molecule has 1 aliphatic rings. The molecule has 0 heterocycles. The Morgan fingerprint density at radius 3 is 2.41 bits per heavy atom. The average Bonchev–Trinajstić information content (AvgIpc) is 2.28. The third-order valence-corrected chi connectivity index (χ3v) is 5.56. The monoisotopic (exact) mass is 275 g/mol. The van der Waals surface area contributed by atoms with Gasteiger partial charge in [0.25, 0.3) is 0 Å². The fraction of sp³-hybridized carbons (Fsp3) is 0.923. The van der Waals surface area contributed by atoms with Gasteiger partial charge in [-0.3, -0.25) is 4.79 Å². The Kier molecular flexibility index (Phi) is 9.07. The zero-order valence-electron chi connectivity index (χ0n) is 10.9. The topological polar surface area (TPSA) is 29.1 Å². The summed E-state index contributed by atoms with van der Waals surface area (Å²) in [6.45, 7) is 2.15. The summed E-state index contributed by atoms with van der Waals surface area (Å²) in [5, 5.41) is 3.20. The summed E-state index contributed by atoms with van der Waals surface area (Å²) in [7, 11) is 3.65. The third kappa shape index (κ3) is 7.98. The molecule has 1 aliphatic carbocycles. The van der Waals surface area contributed by atoms with Crippen molar-refractivity contribution in [3.05, 3.63) is 0 Å². The van der Waals surface area contributed by atoms with E-state index < -0.39 is 0 Å². The molecule has 17 heavy (non-hydrogen) atoms. The van der Waals surface area contributed by atoms with Crippen molar-refractivity contribution in [2.45, 2.75) is 64.3 Å². The fourth-order valence-corrected chi connectivity index (χ4v) is 3.83. The van der Waals surface area contributed by atoms with Gasteiger partial charge in [-0.25, -0.2) is 0 Å². The Morgan fingerprint density at radius 2 is 1.76 bits per heavy atom. The van der Waals surface area contributed by atoms with Crippen LogP contribution in [0.4, 0.5) is 0 Å². The highest BCUT2D eigenvalue weighted by Crippen LogP contribution is 2.21. The molecule has 0 unspecified atom stereocenters. The Balaban J connectivity index is 2.10. The molecule has 0 aromatic rings. The van der Waals surface area contributed by atoms with Crippen molar-refractivity contribution >= 4 is 27.5 Å². The van der Waals surface area contributed by atoms with Crippen LogP contribution in [0.25, 0.3) is 0 Å². The van der Waals surface area contributed by atoms with E-state index in [2.05, 4.69) is 12.2 Å². The van der Waals surface area contributed by atoms with Gasteiger partial charge in [0, 0.05) is 24.0 Å². The van der Waals surface area contributed by atoms with E-state index in [1.807, 2.05) is 10.8 Å². The lowest BCUT2D eigenvalue weighted by Crippen LogP contribution is -2.35. The van der Waals surface area contributed by atoms with E-state index in [1.165, 1.54) is 44.9 Å². The molecule has 100 valence electrons. The van der Waals surface area contributed by atoms with Gasteiger partial charge in [-0.15, -0.1) is 0 Å². The quantitative estimate of drug-likeness (QED) is 0.586. The molecule has 0 spiro atoms. The van der Waals surface area contributed by atoms with E-state index >= 15 is 0 Å². The maximum Gasteiger partial charge on any atom is 0.221 e. The predicted octanol–water partition coefficient (Wildman–Crippen LogP) is 4.01. The van der Waals surface area contributed by atoms with Crippen molar-refractivity contribution in [1.82, 2.24) is 5.32 Å². The first-order chi connectivity index (χ1) is 8.33. The van der Waals surface area contributed by atoms with E-state index in [0.717, 1.165) is 11.5 Å². The summed E-state index contributed by atoms with van der Waals surface area (Å²) in [4.78, 5) is 11.7. The number of rotatable bonds is 6. The second kappa shape index (κ2) is 10.1. The molecule has 0 aromatic heterocycles. The van der Waals surface area contributed by atoms with Gasteiger partial charge in [-0.05, 0) is 12.8 Å². The molecule has 0 aliphatic heterocycles. The highest BCUT2D eigenvalue weighted by atomic mass is 33.1. The molecule has 1 saturated carbocycles. The lowest BCUT2D eigenvalue weighted by molar-refractivity contribution is -0.121. The number of hydrogen-bond donors (Lipinski definition) is 1. The Morgan fingerprint density at radius 1 is 1.12 bits per heavy atom. The van der Waals surface area contributed by atoms with E-state index in [9.17, 15) is 4.79 Å². The summed E-state index contributed by atoms with van der Waals surface area (Å²) in [5.74, 6) is 2.31. The molecule has 0 atom stereocenters. The van der Waals surface area contributed by atoms with Gasteiger partial charge < -0.3 is 5.32 Å². The van der Waals surface area contributed by atoms with Crippen LogP contribution in [-0.4, -0.2) is 23.5 Å². The second-order valence-electron chi connectivity index (χ2n) is 4.59. The molecule has 1 rings (SSSR count). The lowest BCUT2D eigenvalue weighted by atomic mass is 9.97. The molecular weight excluding hydrogens is 250 g/mol. The van der Waals surface area contributed by atoms with Crippen molar-refractivity contribution in [2.75, 3.05) is 11.5 Å². The van der Waals surface area contributed by atoms with E-state index in [1.54, 1.807) is 10.8 Å². The fourth-order valence-electron chi connectivity index (χ4n) is 2.18. The van der Waals surface area contributed by atoms with Crippen LogP contribution < -0.4 is 5.32 Å². The highest BCUT2D eigenvalue weighted by molar-refractivity contribution is 8.76. The molecule has 0 bridgehead atoms. The normalized spacial score (nSPS) is 18.4. The van der Waals surface area contributed by atoms with Crippen LogP contribution in [0.1, 0.15) is 58.3 Å². The minimum Gasteiger partial charge on any atom is -0.353 e. The van der Waals surface area contributed by atoms with Crippen LogP contribution in [0.3, 0.4) is 0 Å². The second-order valence-corrected chi connectivity index (χ2v) is 7.46. The van der Waals surface area contributed by atoms with Gasteiger partial charge in [0.1, 0.15) is 0 Å². The molecule has 1 amide bonds. The average molecular weight is 275 g/mol. The lowest BCUT2D eigenvalue weighted by Gasteiger charge is -2.20.